The van der Waals surface area contributed by atoms with E-state index in [1.165, 1.54) is 0 Å². The molecule has 0 bridgehead atoms. The van der Waals surface area contributed by atoms with Gasteiger partial charge >= 0.3 is 5.97 Å². The van der Waals surface area contributed by atoms with Crippen LogP contribution >= 0.6 is 0 Å². The van der Waals surface area contributed by atoms with Gasteiger partial charge in [0.2, 0.25) is 0 Å². The topological polar surface area (TPSA) is 76.2 Å². The van der Waals surface area contributed by atoms with Crippen LogP contribution in [0.4, 0.5) is 0 Å². The lowest BCUT2D eigenvalue weighted by Crippen LogP contribution is -2.05. The number of aromatic nitrogens is 1. The summed E-state index contributed by atoms with van der Waals surface area (Å²) in [5.74, 6) is -0.915. The molecule has 0 atom stereocenters. The zero-order valence-corrected chi connectivity index (χ0v) is 10.3. The first-order valence-electron chi connectivity index (χ1n) is 5.95. The molecule has 0 aliphatic rings. The lowest BCUT2D eigenvalue weighted by atomic mass is 10.0. The Morgan fingerprint density at radius 2 is 2.17 bits per heavy atom. The van der Waals surface area contributed by atoms with E-state index in [1.54, 1.807) is 6.07 Å². The summed E-state index contributed by atoms with van der Waals surface area (Å²) in [6.45, 7) is 2.52. The van der Waals surface area contributed by atoms with Gasteiger partial charge in [0.25, 0.3) is 0 Å². The second-order valence-corrected chi connectivity index (χ2v) is 4.38. The van der Waals surface area contributed by atoms with Crippen LogP contribution in [0.3, 0.4) is 0 Å². The fourth-order valence-electron chi connectivity index (χ4n) is 1.98. The van der Waals surface area contributed by atoms with Crippen LogP contribution in [0.15, 0.2) is 24.3 Å². The highest BCUT2D eigenvalue weighted by Crippen LogP contribution is 2.20. The highest BCUT2D eigenvalue weighted by Gasteiger charge is 2.11. The fourth-order valence-corrected chi connectivity index (χ4v) is 1.98. The summed E-state index contributed by atoms with van der Waals surface area (Å²) < 4.78 is 0. The number of carboxylic acid groups (broad SMARTS) is 1. The van der Waals surface area contributed by atoms with Crippen LogP contribution in [0.25, 0.3) is 10.9 Å². The molecule has 1 aromatic heterocycles. The fraction of sp³-hybridized carbons (Fsp3) is 0.286. The molecule has 0 aliphatic carbocycles. The Balaban J connectivity index is 2.59. The molecule has 0 amide bonds. The number of fused-ring (bicyclic) bond motifs is 1. The second-order valence-electron chi connectivity index (χ2n) is 4.38. The molecule has 0 aliphatic heterocycles. The molecule has 1 aromatic carbocycles. The number of benzene rings is 1. The van der Waals surface area contributed by atoms with Gasteiger partial charge in [-0.05, 0) is 44.5 Å². The largest absolute Gasteiger partial charge is 0.478 e. The van der Waals surface area contributed by atoms with Crippen LogP contribution in [-0.4, -0.2) is 22.6 Å². The van der Waals surface area contributed by atoms with Crippen molar-refractivity contribution in [1.82, 2.24) is 4.98 Å². The Bertz CT molecular complexity index is 594. The van der Waals surface area contributed by atoms with E-state index in [9.17, 15) is 9.90 Å². The van der Waals surface area contributed by atoms with E-state index >= 15 is 0 Å². The molecule has 94 valence electrons. The van der Waals surface area contributed by atoms with Crippen molar-refractivity contribution in [3.8, 4) is 0 Å². The SMILES string of the molecule is Cc1ccc2nc(CCCN)cc(C(=O)O)c2c1. The van der Waals surface area contributed by atoms with E-state index in [-0.39, 0.29) is 0 Å². The van der Waals surface area contributed by atoms with E-state index in [0.29, 0.717) is 23.9 Å². The molecule has 0 saturated heterocycles. The smallest absolute Gasteiger partial charge is 0.336 e. The number of aryl methyl sites for hydroxylation is 2. The van der Waals surface area contributed by atoms with Gasteiger partial charge in [-0.15, -0.1) is 0 Å². The molecule has 4 heteroatoms. The van der Waals surface area contributed by atoms with Crippen molar-refractivity contribution in [3.63, 3.8) is 0 Å². The quantitative estimate of drug-likeness (QED) is 0.863. The molecule has 0 saturated carbocycles. The molecular weight excluding hydrogens is 228 g/mol. The Kier molecular flexibility index (Phi) is 3.58. The van der Waals surface area contributed by atoms with Crippen molar-refractivity contribution in [3.05, 3.63) is 41.1 Å². The minimum Gasteiger partial charge on any atom is -0.478 e. The molecule has 1 heterocycles. The first-order valence-corrected chi connectivity index (χ1v) is 5.95. The Labute approximate surface area is 105 Å². The van der Waals surface area contributed by atoms with Crippen molar-refractivity contribution in [2.75, 3.05) is 6.54 Å². The molecule has 2 aromatic rings. The lowest BCUT2D eigenvalue weighted by molar-refractivity contribution is 0.0699. The van der Waals surface area contributed by atoms with Gasteiger partial charge < -0.3 is 10.8 Å². The van der Waals surface area contributed by atoms with Crippen molar-refractivity contribution in [2.24, 2.45) is 5.73 Å². The minimum atomic E-state index is -0.915. The van der Waals surface area contributed by atoms with E-state index in [4.69, 9.17) is 5.73 Å². The molecule has 18 heavy (non-hydrogen) atoms. The Morgan fingerprint density at radius 1 is 1.39 bits per heavy atom. The maximum Gasteiger partial charge on any atom is 0.336 e. The third-order valence-electron chi connectivity index (χ3n) is 2.88. The van der Waals surface area contributed by atoms with Crippen molar-refractivity contribution in [1.29, 1.82) is 0 Å². The second kappa shape index (κ2) is 5.14. The third-order valence-corrected chi connectivity index (χ3v) is 2.88. The zero-order valence-electron chi connectivity index (χ0n) is 10.3. The summed E-state index contributed by atoms with van der Waals surface area (Å²) in [7, 11) is 0. The monoisotopic (exact) mass is 244 g/mol. The zero-order chi connectivity index (χ0) is 13.1. The van der Waals surface area contributed by atoms with Gasteiger partial charge in [-0.1, -0.05) is 11.6 Å². The Morgan fingerprint density at radius 3 is 2.83 bits per heavy atom. The highest BCUT2D eigenvalue weighted by molar-refractivity contribution is 6.02. The number of aromatic carboxylic acids is 1. The summed E-state index contributed by atoms with van der Waals surface area (Å²) in [5, 5.41) is 9.96. The number of pyridine rings is 1. The molecule has 0 spiro atoms. The minimum absolute atomic E-state index is 0.315. The van der Waals surface area contributed by atoms with Gasteiger partial charge in [0.05, 0.1) is 11.1 Å². The summed E-state index contributed by atoms with van der Waals surface area (Å²) in [4.78, 5) is 15.8. The van der Waals surface area contributed by atoms with Crippen LogP contribution < -0.4 is 5.73 Å². The number of hydrogen-bond donors (Lipinski definition) is 2. The van der Waals surface area contributed by atoms with Crippen LogP contribution in [0.2, 0.25) is 0 Å². The van der Waals surface area contributed by atoms with Crippen LogP contribution in [-0.2, 0) is 6.42 Å². The maximum absolute atomic E-state index is 11.3. The molecule has 0 unspecified atom stereocenters. The third kappa shape index (κ3) is 2.49. The van der Waals surface area contributed by atoms with Crippen LogP contribution in [0.1, 0.15) is 28.0 Å². The van der Waals surface area contributed by atoms with Crippen molar-refractivity contribution in [2.45, 2.75) is 19.8 Å². The normalized spacial score (nSPS) is 10.8. The Hall–Kier alpha value is -1.94. The van der Waals surface area contributed by atoms with Crippen LogP contribution in [0, 0.1) is 6.92 Å². The molecule has 2 rings (SSSR count). The summed E-state index contributed by atoms with van der Waals surface area (Å²) in [6, 6.07) is 7.31. The maximum atomic E-state index is 11.3. The first kappa shape index (κ1) is 12.5. The van der Waals surface area contributed by atoms with Crippen molar-refractivity contribution < 1.29 is 9.90 Å². The molecular formula is C14H16N2O2. The van der Waals surface area contributed by atoms with Gasteiger partial charge in [0, 0.05) is 11.1 Å². The predicted molar refractivity (Wildman–Crippen MR) is 70.8 cm³/mol. The van der Waals surface area contributed by atoms with E-state index in [2.05, 4.69) is 4.98 Å². The predicted octanol–water partition coefficient (Wildman–Crippen LogP) is 2.13. The average Bonchev–Trinajstić information content (AvgIpc) is 2.35. The number of rotatable bonds is 4. The van der Waals surface area contributed by atoms with Gasteiger partial charge in [-0.3, -0.25) is 4.98 Å². The molecule has 3 N–H and O–H groups in total. The summed E-state index contributed by atoms with van der Waals surface area (Å²) in [6.07, 6.45) is 1.52. The highest BCUT2D eigenvalue weighted by atomic mass is 16.4. The van der Waals surface area contributed by atoms with E-state index in [0.717, 1.165) is 23.2 Å². The molecule has 4 nitrogen and oxygen atoms in total. The van der Waals surface area contributed by atoms with Gasteiger partial charge in [0.15, 0.2) is 0 Å². The number of carboxylic acids is 1. The van der Waals surface area contributed by atoms with E-state index < -0.39 is 5.97 Å². The summed E-state index contributed by atoms with van der Waals surface area (Å²) in [5.41, 5.74) is 8.32. The standard InChI is InChI=1S/C14H16N2O2/c1-9-4-5-13-11(7-9)12(14(17)18)8-10(16-13)3-2-6-15/h4-5,7-8H,2-3,6,15H2,1H3,(H,17,18). The van der Waals surface area contributed by atoms with Gasteiger partial charge in [-0.25, -0.2) is 4.79 Å². The molecule has 0 radical (unpaired) electrons. The number of hydrogen-bond acceptors (Lipinski definition) is 3. The van der Waals surface area contributed by atoms with Crippen molar-refractivity contribution >= 4 is 16.9 Å². The number of nitrogens with two attached hydrogens (primary N) is 1. The number of nitrogens with zero attached hydrogens (tertiary/aromatic N) is 1. The lowest BCUT2D eigenvalue weighted by Gasteiger charge is -2.07. The van der Waals surface area contributed by atoms with Gasteiger partial charge in [0.1, 0.15) is 0 Å². The van der Waals surface area contributed by atoms with Gasteiger partial charge in [-0.2, -0.15) is 0 Å². The van der Waals surface area contributed by atoms with E-state index in [1.807, 2.05) is 25.1 Å². The molecule has 0 fully saturated rings. The number of carbonyl (C=O) groups is 1. The first-order chi connectivity index (χ1) is 8.61. The van der Waals surface area contributed by atoms with Crippen LogP contribution in [0.5, 0.6) is 0 Å². The summed E-state index contributed by atoms with van der Waals surface area (Å²) >= 11 is 0. The average molecular weight is 244 g/mol.